The molecule has 0 spiro atoms. The van der Waals surface area contributed by atoms with Crippen LogP contribution in [0.3, 0.4) is 0 Å². The Labute approximate surface area is 158 Å². The highest BCUT2D eigenvalue weighted by Gasteiger charge is 2.15. The zero-order chi connectivity index (χ0) is 20.1. The molecule has 0 saturated heterocycles. The molecule has 0 aliphatic heterocycles. The van der Waals surface area contributed by atoms with Crippen LogP contribution in [0.15, 0.2) is 36.4 Å². The van der Waals surface area contributed by atoms with Crippen molar-refractivity contribution in [3.63, 3.8) is 0 Å². The second-order valence-corrected chi connectivity index (χ2v) is 6.71. The third-order valence-electron chi connectivity index (χ3n) is 4.33. The van der Waals surface area contributed by atoms with E-state index in [-0.39, 0.29) is 12.3 Å². The molecule has 0 bridgehead atoms. The van der Waals surface area contributed by atoms with Crippen molar-refractivity contribution in [2.45, 2.75) is 40.2 Å². The van der Waals surface area contributed by atoms with Gasteiger partial charge in [0.1, 0.15) is 6.04 Å². The molecule has 0 heterocycles. The molecular formula is C21H24N2O4. The zero-order valence-electron chi connectivity index (χ0n) is 15.9. The van der Waals surface area contributed by atoms with Crippen LogP contribution >= 0.6 is 0 Å². The van der Waals surface area contributed by atoms with Crippen molar-refractivity contribution < 1.29 is 19.5 Å². The summed E-state index contributed by atoms with van der Waals surface area (Å²) in [5.41, 5.74) is 5.25. The molecule has 6 nitrogen and oxygen atoms in total. The molecule has 0 saturated carbocycles. The summed E-state index contributed by atoms with van der Waals surface area (Å²) < 4.78 is 0. The van der Waals surface area contributed by atoms with Gasteiger partial charge in [0.15, 0.2) is 0 Å². The van der Waals surface area contributed by atoms with E-state index in [1.54, 1.807) is 24.3 Å². The Hall–Kier alpha value is -3.15. The standard InChI is InChI=1S/C21H24N2O4/c1-12-9-13(2)18(14(3)10-12)11-19(24)23-17-7-5-16(6-8-17)20(25)22-15(4)21(26)27/h5-10,15H,11H2,1-4H3,(H,22,25)(H,23,24)(H,26,27). The highest BCUT2D eigenvalue weighted by atomic mass is 16.4. The van der Waals surface area contributed by atoms with Crippen molar-refractivity contribution in [3.05, 3.63) is 64.2 Å². The maximum Gasteiger partial charge on any atom is 0.325 e. The van der Waals surface area contributed by atoms with Crippen molar-refractivity contribution in [2.24, 2.45) is 0 Å². The van der Waals surface area contributed by atoms with E-state index >= 15 is 0 Å². The Kier molecular flexibility index (Phi) is 6.34. The number of amides is 2. The van der Waals surface area contributed by atoms with Gasteiger partial charge in [0, 0.05) is 11.3 Å². The van der Waals surface area contributed by atoms with Gasteiger partial charge in [0.25, 0.3) is 5.91 Å². The third-order valence-corrected chi connectivity index (χ3v) is 4.33. The molecular weight excluding hydrogens is 344 g/mol. The summed E-state index contributed by atoms with van der Waals surface area (Å²) >= 11 is 0. The largest absolute Gasteiger partial charge is 0.480 e. The number of carbonyl (C=O) groups excluding carboxylic acids is 2. The number of carbonyl (C=O) groups is 3. The van der Waals surface area contributed by atoms with Crippen LogP contribution in [-0.2, 0) is 16.0 Å². The number of anilines is 1. The van der Waals surface area contributed by atoms with Crippen LogP contribution in [0.4, 0.5) is 5.69 Å². The average molecular weight is 368 g/mol. The molecule has 1 atom stereocenters. The third kappa shape index (κ3) is 5.41. The van der Waals surface area contributed by atoms with E-state index in [1.807, 2.05) is 20.8 Å². The van der Waals surface area contributed by atoms with Crippen LogP contribution in [0, 0.1) is 20.8 Å². The number of aryl methyl sites for hydroxylation is 3. The molecule has 27 heavy (non-hydrogen) atoms. The van der Waals surface area contributed by atoms with Crippen LogP contribution < -0.4 is 10.6 Å². The summed E-state index contributed by atoms with van der Waals surface area (Å²) in [5, 5.41) is 14.0. The molecule has 0 radical (unpaired) electrons. The summed E-state index contributed by atoms with van der Waals surface area (Å²) in [6, 6.07) is 9.46. The van der Waals surface area contributed by atoms with E-state index < -0.39 is 17.9 Å². The van der Waals surface area contributed by atoms with Crippen LogP contribution in [0.1, 0.15) is 39.5 Å². The summed E-state index contributed by atoms with van der Waals surface area (Å²) in [6.07, 6.45) is 0.274. The van der Waals surface area contributed by atoms with Crippen molar-refractivity contribution in [1.82, 2.24) is 5.32 Å². The second kappa shape index (κ2) is 8.49. The zero-order valence-corrected chi connectivity index (χ0v) is 15.9. The minimum atomic E-state index is -1.10. The quantitative estimate of drug-likeness (QED) is 0.730. The van der Waals surface area contributed by atoms with Gasteiger partial charge in [-0.15, -0.1) is 0 Å². The monoisotopic (exact) mass is 368 g/mol. The molecule has 3 N–H and O–H groups in total. The number of benzene rings is 2. The summed E-state index contributed by atoms with van der Waals surface area (Å²) in [4.78, 5) is 35.1. The Morgan fingerprint density at radius 3 is 2.07 bits per heavy atom. The number of aliphatic carboxylic acids is 1. The van der Waals surface area contributed by atoms with E-state index in [2.05, 4.69) is 22.8 Å². The lowest BCUT2D eigenvalue weighted by atomic mass is 9.97. The number of carboxylic acids is 1. The summed E-state index contributed by atoms with van der Waals surface area (Å²) in [5.74, 6) is -1.72. The average Bonchev–Trinajstić information content (AvgIpc) is 2.58. The Bertz CT molecular complexity index is 849. The summed E-state index contributed by atoms with van der Waals surface area (Å²) in [7, 11) is 0. The second-order valence-electron chi connectivity index (χ2n) is 6.71. The first-order valence-electron chi connectivity index (χ1n) is 8.67. The lowest BCUT2D eigenvalue weighted by Gasteiger charge is -2.12. The van der Waals surface area contributed by atoms with Crippen molar-refractivity contribution in [1.29, 1.82) is 0 Å². The molecule has 2 aromatic carbocycles. The van der Waals surface area contributed by atoms with E-state index in [9.17, 15) is 14.4 Å². The molecule has 2 aromatic rings. The predicted octanol–water partition coefficient (Wildman–Crippen LogP) is 3.00. The molecule has 142 valence electrons. The molecule has 0 fully saturated rings. The smallest absolute Gasteiger partial charge is 0.325 e. The maximum atomic E-state index is 12.4. The summed E-state index contributed by atoms with van der Waals surface area (Å²) in [6.45, 7) is 7.41. The SMILES string of the molecule is Cc1cc(C)c(CC(=O)Nc2ccc(C(=O)NC(C)C(=O)O)cc2)c(C)c1. The molecule has 6 heteroatoms. The van der Waals surface area contributed by atoms with E-state index in [1.165, 1.54) is 12.5 Å². The van der Waals surface area contributed by atoms with E-state index in [0.29, 0.717) is 11.3 Å². The Balaban J connectivity index is 2.01. The molecule has 0 aliphatic rings. The first-order chi connectivity index (χ1) is 12.7. The fourth-order valence-electron chi connectivity index (χ4n) is 2.90. The number of hydrogen-bond donors (Lipinski definition) is 3. The lowest BCUT2D eigenvalue weighted by Crippen LogP contribution is -2.38. The highest BCUT2D eigenvalue weighted by Crippen LogP contribution is 2.18. The van der Waals surface area contributed by atoms with Gasteiger partial charge >= 0.3 is 5.97 Å². The molecule has 0 aliphatic carbocycles. The molecule has 2 rings (SSSR count). The van der Waals surface area contributed by atoms with Gasteiger partial charge < -0.3 is 15.7 Å². The van der Waals surface area contributed by atoms with Gasteiger partial charge in [-0.25, -0.2) is 0 Å². The van der Waals surface area contributed by atoms with Gasteiger partial charge in [0.05, 0.1) is 6.42 Å². The number of hydrogen-bond acceptors (Lipinski definition) is 3. The lowest BCUT2D eigenvalue weighted by molar-refractivity contribution is -0.138. The Morgan fingerprint density at radius 1 is 1.00 bits per heavy atom. The van der Waals surface area contributed by atoms with Crippen LogP contribution in [0.5, 0.6) is 0 Å². The van der Waals surface area contributed by atoms with Gasteiger partial charge in [0.2, 0.25) is 5.91 Å². The van der Waals surface area contributed by atoms with Gasteiger partial charge in [-0.2, -0.15) is 0 Å². The fourth-order valence-corrected chi connectivity index (χ4v) is 2.90. The highest BCUT2D eigenvalue weighted by molar-refractivity contribution is 5.97. The van der Waals surface area contributed by atoms with Gasteiger partial charge in [-0.3, -0.25) is 14.4 Å². The number of carboxylic acid groups (broad SMARTS) is 1. The first-order valence-corrected chi connectivity index (χ1v) is 8.67. The fraction of sp³-hybridized carbons (Fsp3) is 0.286. The Morgan fingerprint density at radius 2 is 1.56 bits per heavy atom. The molecule has 1 unspecified atom stereocenters. The van der Waals surface area contributed by atoms with E-state index in [0.717, 1.165) is 16.7 Å². The van der Waals surface area contributed by atoms with Gasteiger partial charge in [-0.05, 0) is 68.7 Å². The topological polar surface area (TPSA) is 95.5 Å². The maximum absolute atomic E-state index is 12.4. The molecule has 2 amide bonds. The van der Waals surface area contributed by atoms with Gasteiger partial charge in [-0.1, -0.05) is 17.7 Å². The number of rotatable bonds is 6. The first kappa shape index (κ1) is 20.2. The number of nitrogens with one attached hydrogen (secondary N) is 2. The van der Waals surface area contributed by atoms with E-state index in [4.69, 9.17) is 5.11 Å². The van der Waals surface area contributed by atoms with Crippen LogP contribution in [0.2, 0.25) is 0 Å². The molecule has 0 aromatic heterocycles. The van der Waals surface area contributed by atoms with Crippen LogP contribution in [0.25, 0.3) is 0 Å². The van der Waals surface area contributed by atoms with Crippen molar-refractivity contribution >= 4 is 23.5 Å². The van der Waals surface area contributed by atoms with Crippen molar-refractivity contribution in [2.75, 3.05) is 5.32 Å². The normalized spacial score (nSPS) is 11.6. The van der Waals surface area contributed by atoms with Crippen LogP contribution in [-0.4, -0.2) is 28.9 Å². The minimum Gasteiger partial charge on any atom is -0.480 e. The van der Waals surface area contributed by atoms with Crippen molar-refractivity contribution in [3.8, 4) is 0 Å². The predicted molar refractivity (Wildman–Crippen MR) is 104 cm³/mol. The minimum absolute atomic E-state index is 0.137.